The normalized spacial score (nSPS) is 16.0. The molecule has 3 rings (SSSR count). The number of carbonyl (C=O) groups excluding carboxylic acids is 1. The van der Waals surface area contributed by atoms with Gasteiger partial charge in [-0.25, -0.2) is 22.2 Å². The molecule has 1 fully saturated rings. The number of urea groups is 1. The molecule has 0 saturated carbocycles. The molecular formula is C19H27N5O3S. The molecule has 152 valence electrons. The standard InChI is InChI=1S/C19H27N5O3S/c1-2-13-28(26,27)23-11-7-17(8-12-23)22-19(25)20-15-16-5-3-6-18(14-16)24-10-4-9-21-24/h3-6,9-10,14,17H,2,7-8,11-13,15H2,1H3,(H2,20,22,25). The molecule has 0 aliphatic carbocycles. The number of aromatic nitrogens is 2. The Labute approximate surface area is 166 Å². The van der Waals surface area contributed by atoms with E-state index in [0.29, 0.717) is 38.9 Å². The zero-order valence-corrected chi connectivity index (χ0v) is 16.9. The molecule has 2 N–H and O–H groups in total. The van der Waals surface area contributed by atoms with E-state index < -0.39 is 10.0 Å². The third-order valence-electron chi connectivity index (χ3n) is 4.78. The molecule has 0 unspecified atom stereocenters. The Hall–Kier alpha value is -2.39. The number of hydrogen-bond acceptors (Lipinski definition) is 4. The van der Waals surface area contributed by atoms with Gasteiger partial charge in [-0.05, 0) is 43.0 Å². The minimum Gasteiger partial charge on any atom is -0.335 e. The van der Waals surface area contributed by atoms with E-state index in [-0.39, 0.29) is 17.8 Å². The number of carbonyl (C=O) groups is 1. The van der Waals surface area contributed by atoms with E-state index in [1.54, 1.807) is 10.9 Å². The highest BCUT2D eigenvalue weighted by atomic mass is 32.2. The summed E-state index contributed by atoms with van der Waals surface area (Å²) in [7, 11) is -3.16. The minimum atomic E-state index is -3.16. The van der Waals surface area contributed by atoms with Gasteiger partial charge in [-0.1, -0.05) is 19.1 Å². The first kappa shape index (κ1) is 20.3. The molecule has 2 aromatic rings. The van der Waals surface area contributed by atoms with E-state index in [0.717, 1.165) is 11.3 Å². The Bertz CT molecular complexity index is 875. The number of nitrogens with zero attached hydrogens (tertiary/aromatic N) is 3. The van der Waals surface area contributed by atoms with Crippen LogP contribution < -0.4 is 10.6 Å². The fourth-order valence-corrected chi connectivity index (χ4v) is 4.86. The summed E-state index contributed by atoms with van der Waals surface area (Å²) in [6.45, 7) is 3.18. The molecular weight excluding hydrogens is 378 g/mol. The fourth-order valence-electron chi connectivity index (χ4n) is 3.31. The van der Waals surface area contributed by atoms with Gasteiger partial charge in [-0.15, -0.1) is 0 Å². The predicted molar refractivity (Wildman–Crippen MR) is 108 cm³/mol. The molecule has 0 bridgehead atoms. The smallest absolute Gasteiger partial charge is 0.315 e. The zero-order chi connectivity index (χ0) is 20.0. The minimum absolute atomic E-state index is 0.0107. The van der Waals surface area contributed by atoms with Crippen molar-refractivity contribution in [3.63, 3.8) is 0 Å². The van der Waals surface area contributed by atoms with Crippen LogP contribution in [0.3, 0.4) is 0 Å². The molecule has 0 radical (unpaired) electrons. The second-order valence-corrected chi connectivity index (χ2v) is 9.03. The molecule has 0 atom stereocenters. The molecule has 1 aromatic carbocycles. The second-order valence-electron chi connectivity index (χ2n) is 6.94. The van der Waals surface area contributed by atoms with Crippen molar-refractivity contribution in [3.8, 4) is 5.69 Å². The highest BCUT2D eigenvalue weighted by molar-refractivity contribution is 7.89. The third-order valence-corrected chi connectivity index (χ3v) is 6.85. The number of hydrogen-bond donors (Lipinski definition) is 2. The van der Waals surface area contributed by atoms with Crippen molar-refractivity contribution in [1.82, 2.24) is 24.7 Å². The van der Waals surface area contributed by atoms with E-state index in [4.69, 9.17) is 0 Å². The largest absolute Gasteiger partial charge is 0.335 e. The van der Waals surface area contributed by atoms with Gasteiger partial charge < -0.3 is 10.6 Å². The van der Waals surface area contributed by atoms with E-state index in [9.17, 15) is 13.2 Å². The molecule has 1 aliphatic heterocycles. The Kier molecular flexibility index (Phi) is 6.69. The van der Waals surface area contributed by atoms with Crippen LogP contribution in [0.5, 0.6) is 0 Å². The highest BCUT2D eigenvalue weighted by Crippen LogP contribution is 2.15. The molecule has 28 heavy (non-hydrogen) atoms. The maximum Gasteiger partial charge on any atom is 0.315 e. The van der Waals surface area contributed by atoms with Gasteiger partial charge in [0.1, 0.15) is 0 Å². The molecule has 8 nitrogen and oxygen atoms in total. The van der Waals surface area contributed by atoms with E-state index in [2.05, 4.69) is 15.7 Å². The molecule has 1 aromatic heterocycles. The number of sulfonamides is 1. The summed E-state index contributed by atoms with van der Waals surface area (Å²) in [6.07, 6.45) is 5.46. The van der Waals surface area contributed by atoms with Crippen molar-refractivity contribution < 1.29 is 13.2 Å². The van der Waals surface area contributed by atoms with Crippen molar-refractivity contribution >= 4 is 16.1 Å². The van der Waals surface area contributed by atoms with Crippen molar-refractivity contribution in [2.75, 3.05) is 18.8 Å². The lowest BCUT2D eigenvalue weighted by atomic mass is 10.1. The lowest BCUT2D eigenvalue weighted by Crippen LogP contribution is -2.49. The van der Waals surface area contributed by atoms with Gasteiger partial charge in [-0.3, -0.25) is 0 Å². The molecule has 1 aliphatic rings. The Morgan fingerprint density at radius 1 is 1.25 bits per heavy atom. The second kappa shape index (κ2) is 9.20. The SMILES string of the molecule is CCCS(=O)(=O)N1CCC(NC(=O)NCc2cccc(-n3cccn3)c2)CC1. The third kappa shape index (κ3) is 5.32. The van der Waals surface area contributed by atoms with Crippen molar-refractivity contribution in [2.24, 2.45) is 0 Å². The monoisotopic (exact) mass is 405 g/mol. The average molecular weight is 406 g/mol. The molecule has 2 amide bonds. The van der Waals surface area contributed by atoms with Crippen LogP contribution >= 0.6 is 0 Å². The number of piperidine rings is 1. The molecule has 2 heterocycles. The molecule has 9 heteroatoms. The summed E-state index contributed by atoms with van der Waals surface area (Å²) in [5, 5.41) is 10.0. The van der Waals surface area contributed by atoms with Gasteiger partial charge in [0.05, 0.1) is 11.4 Å². The summed E-state index contributed by atoms with van der Waals surface area (Å²) in [4.78, 5) is 12.2. The zero-order valence-electron chi connectivity index (χ0n) is 16.0. The van der Waals surface area contributed by atoms with Crippen molar-refractivity contribution in [2.45, 2.75) is 38.8 Å². The number of rotatable bonds is 7. The quantitative estimate of drug-likeness (QED) is 0.735. The first-order valence-electron chi connectivity index (χ1n) is 9.59. The first-order chi connectivity index (χ1) is 13.5. The highest BCUT2D eigenvalue weighted by Gasteiger charge is 2.27. The van der Waals surface area contributed by atoms with Gasteiger partial charge in [0.2, 0.25) is 10.0 Å². The Balaban J connectivity index is 1.45. The summed E-state index contributed by atoms with van der Waals surface area (Å²) >= 11 is 0. The van der Waals surface area contributed by atoms with Gasteiger partial charge in [0.25, 0.3) is 0 Å². The van der Waals surface area contributed by atoms with Gasteiger partial charge in [0.15, 0.2) is 0 Å². The molecule has 1 saturated heterocycles. The van der Waals surface area contributed by atoms with Crippen LogP contribution in [0.1, 0.15) is 31.7 Å². The fraction of sp³-hybridized carbons (Fsp3) is 0.474. The molecule has 0 spiro atoms. The van der Waals surface area contributed by atoms with E-state index >= 15 is 0 Å². The summed E-state index contributed by atoms with van der Waals surface area (Å²) < 4.78 is 27.5. The van der Waals surface area contributed by atoms with Gasteiger partial charge in [0, 0.05) is 38.1 Å². The predicted octanol–water partition coefficient (Wildman–Crippen LogP) is 1.88. The van der Waals surface area contributed by atoms with E-state index in [1.165, 1.54) is 4.31 Å². The van der Waals surface area contributed by atoms with Crippen LogP contribution in [-0.4, -0.2) is 53.4 Å². The topological polar surface area (TPSA) is 96.3 Å². The van der Waals surface area contributed by atoms with Gasteiger partial charge in [-0.2, -0.15) is 5.10 Å². The summed E-state index contributed by atoms with van der Waals surface area (Å²) in [6, 6.07) is 9.42. The Morgan fingerprint density at radius 3 is 2.71 bits per heavy atom. The van der Waals surface area contributed by atoms with Crippen LogP contribution in [-0.2, 0) is 16.6 Å². The number of benzene rings is 1. The lowest BCUT2D eigenvalue weighted by molar-refractivity contribution is 0.227. The van der Waals surface area contributed by atoms with Crippen molar-refractivity contribution in [3.05, 3.63) is 48.3 Å². The Morgan fingerprint density at radius 2 is 2.04 bits per heavy atom. The number of amides is 2. The van der Waals surface area contributed by atoms with Crippen molar-refractivity contribution in [1.29, 1.82) is 0 Å². The van der Waals surface area contributed by atoms with Crippen LogP contribution in [0.4, 0.5) is 4.79 Å². The number of nitrogens with one attached hydrogen (secondary N) is 2. The van der Waals surface area contributed by atoms with Crippen LogP contribution in [0.15, 0.2) is 42.7 Å². The van der Waals surface area contributed by atoms with E-state index in [1.807, 2.05) is 43.5 Å². The average Bonchev–Trinajstić information content (AvgIpc) is 3.22. The van der Waals surface area contributed by atoms with Gasteiger partial charge >= 0.3 is 6.03 Å². The van der Waals surface area contributed by atoms with Crippen LogP contribution in [0.2, 0.25) is 0 Å². The van der Waals surface area contributed by atoms with Crippen LogP contribution in [0.25, 0.3) is 5.69 Å². The van der Waals surface area contributed by atoms with Crippen LogP contribution in [0, 0.1) is 0 Å². The maximum absolute atomic E-state index is 12.2. The maximum atomic E-state index is 12.2. The lowest BCUT2D eigenvalue weighted by Gasteiger charge is -2.31. The summed E-state index contributed by atoms with van der Waals surface area (Å²) in [5.74, 6) is 0.184. The first-order valence-corrected chi connectivity index (χ1v) is 11.2. The summed E-state index contributed by atoms with van der Waals surface area (Å²) in [5.41, 5.74) is 1.91.